The molecule has 2 aromatic heterocycles. The Balaban J connectivity index is 2.39. The van der Waals surface area contributed by atoms with Crippen LogP contribution in [0, 0.1) is 0 Å². The quantitative estimate of drug-likeness (QED) is 0.686. The molecule has 0 bridgehead atoms. The second-order valence-electron chi connectivity index (χ2n) is 3.67. The third kappa shape index (κ3) is 1.59. The molecular formula is C13H9N3O. The van der Waals surface area contributed by atoms with Gasteiger partial charge in [-0.15, -0.1) is 0 Å². The molecule has 0 saturated carbocycles. The monoisotopic (exact) mass is 223 g/mol. The number of rotatable bonds is 1. The number of benzene rings is 1. The van der Waals surface area contributed by atoms with Gasteiger partial charge in [-0.05, 0) is 11.5 Å². The number of H-pyrrole nitrogens is 1. The first-order valence-corrected chi connectivity index (χ1v) is 5.23. The van der Waals surface area contributed by atoms with Crippen LogP contribution in [0.4, 0.5) is 0 Å². The molecule has 0 radical (unpaired) electrons. The highest BCUT2D eigenvalue weighted by Gasteiger charge is 2.07. The number of pyridine rings is 1. The minimum Gasteiger partial charge on any atom is -0.326 e. The van der Waals surface area contributed by atoms with Gasteiger partial charge in [-0.25, -0.2) is 4.98 Å². The lowest BCUT2D eigenvalue weighted by atomic mass is 10.0. The van der Waals surface area contributed by atoms with Crippen molar-refractivity contribution in [3.05, 3.63) is 59.4 Å². The van der Waals surface area contributed by atoms with Gasteiger partial charge in [-0.2, -0.15) is 0 Å². The van der Waals surface area contributed by atoms with Crippen LogP contribution in [0.3, 0.4) is 0 Å². The zero-order valence-electron chi connectivity index (χ0n) is 8.92. The molecule has 0 atom stereocenters. The van der Waals surface area contributed by atoms with Crippen LogP contribution in [0.5, 0.6) is 0 Å². The second kappa shape index (κ2) is 3.83. The number of hydrogen-bond acceptors (Lipinski definition) is 3. The Hall–Kier alpha value is -2.49. The Morgan fingerprint density at radius 2 is 2.06 bits per heavy atom. The van der Waals surface area contributed by atoms with Gasteiger partial charge in [0.25, 0.3) is 5.56 Å². The molecule has 17 heavy (non-hydrogen) atoms. The van der Waals surface area contributed by atoms with Gasteiger partial charge >= 0.3 is 0 Å². The second-order valence-corrected chi connectivity index (χ2v) is 3.67. The summed E-state index contributed by atoms with van der Waals surface area (Å²) in [6.07, 6.45) is 6.58. The van der Waals surface area contributed by atoms with Crippen LogP contribution in [0.25, 0.3) is 22.0 Å². The van der Waals surface area contributed by atoms with E-state index in [0.717, 1.165) is 16.3 Å². The Morgan fingerprint density at radius 3 is 2.94 bits per heavy atom. The fraction of sp³-hybridized carbons (Fsp3) is 0. The van der Waals surface area contributed by atoms with E-state index >= 15 is 0 Å². The van der Waals surface area contributed by atoms with Crippen molar-refractivity contribution in [3.63, 3.8) is 0 Å². The van der Waals surface area contributed by atoms with Crippen molar-refractivity contribution in [1.29, 1.82) is 0 Å². The summed E-state index contributed by atoms with van der Waals surface area (Å²) in [5.41, 5.74) is 1.03. The Morgan fingerprint density at radius 1 is 1.12 bits per heavy atom. The van der Waals surface area contributed by atoms with Gasteiger partial charge in [0.15, 0.2) is 0 Å². The first-order chi connectivity index (χ1) is 8.36. The molecule has 0 saturated heterocycles. The maximum atomic E-state index is 11.7. The van der Waals surface area contributed by atoms with Crippen LogP contribution in [-0.4, -0.2) is 15.0 Å². The lowest BCUT2D eigenvalue weighted by Crippen LogP contribution is -2.09. The molecule has 4 heteroatoms. The van der Waals surface area contributed by atoms with Crippen molar-refractivity contribution in [2.45, 2.75) is 0 Å². The number of nitrogens with zero attached hydrogens (tertiary/aromatic N) is 2. The summed E-state index contributed by atoms with van der Waals surface area (Å²) in [7, 11) is 0. The molecule has 3 aromatic rings. The average Bonchev–Trinajstić information content (AvgIpc) is 2.39. The first kappa shape index (κ1) is 9.72. The topological polar surface area (TPSA) is 58.6 Å². The Labute approximate surface area is 97.0 Å². The molecule has 0 aliphatic carbocycles. The maximum absolute atomic E-state index is 11.7. The smallest absolute Gasteiger partial charge is 0.274 e. The van der Waals surface area contributed by atoms with Crippen molar-refractivity contribution in [2.75, 3.05) is 0 Å². The number of fused-ring (bicyclic) bond motifs is 1. The van der Waals surface area contributed by atoms with E-state index in [1.807, 2.05) is 24.3 Å². The normalized spacial score (nSPS) is 10.6. The molecule has 0 unspecified atom stereocenters. The number of aromatic amines is 1. The summed E-state index contributed by atoms with van der Waals surface area (Å²) in [5.74, 6) is 0. The van der Waals surface area contributed by atoms with E-state index in [1.54, 1.807) is 18.6 Å². The fourth-order valence-corrected chi connectivity index (χ4v) is 1.86. The van der Waals surface area contributed by atoms with E-state index in [0.29, 0.717) is 5.69 Å². The summed E-state index contributed by atoms with van der Waals surface area (Å²) in [6, 6.07) is 7.68. The fourth-order valence-electron chi connectivity index (χ4n) is 1.86. The molecule has 0 fully saturated rings. The predicted octanol–water partition coefficient (Wildman–Crippen LogP) is 1.99. The predicted molar refractivity (Wildman–Crippen MR) is 65.6 cm³/mol. The molecule has 2 heterocycles. The van der Waals surface area contributed by atoms with Crippen LogP contribution in [-0.2, 0) is 0 Å². The van der Waals surface area contributed by atoms with Crippen LogP contribution < -0.4 is 5.56 Å². The highest BCUT2D eigenvalue weighted by molar-refractivity contribution is 5.94. The summed E-state index contributed by atoms with van der Waals surface area (Å²) in [4.78, 5) is 22.6. The number of nitrogens with one attached hydrogen (secondary N) is 1. The zero-order chi connectivity index (χ0) is 11.7. The highest BCUT2D eigenvalue weighted by atomic mass is 16.1. The lowest BCUT2D eigenvalue weighted by molar-refractivity contribution is 1.15. The van der Waals surface area contributed by atoms with Crippen molar-refractivity contribution in [1.82, 2.24) is 15.0 Å². The molecule has 1 aromatic carbocycles. The van der Waals surface area contributed by atoms with Gasteiger partial charge in [0.05, 0.1) is 0 Å². The number of hydrogen-bond donors (Lipinski definition) is 1. The molecule has 0 amide bonds. The largest absolute Gasteiger partial charge is 0.326 e. The summed E-state index contributed by atoms with van der Waals surface area (Å²) >= 11 is 0. The highest BCUT2D eigenvalue weighted by Crippen LogP contribution is 2.23. The maximum Gasteiger partial charge on any atom is 0.274 e. The van der Waals surface area contributed by atoms with E-state index in [4.69, 9.17) is 0 Å². The summed E-state index contributed by atoms with van der Waals surface area (Å²) in [5, 5.41) is 1.97. The van der Waals surface area contributed by atoms with Crippen molar-refractivity contribution in [3.8, 4) is 11.3 Å². The van der Waals surface area contributed by atoms with E-state index in [9.17, 15) is 4.79 Å². The minimum absolute atomic E-state index is 0.191. The van der Waals surface area contributed by atoms with Gasteiger partial charge in [0, 0.05) is 35.7 Å². The van der Waals surface area contributed by atoms with Gasteiger partial charge in [-0.3, -0.25) is 9.78 Å². The molecule has 4 nitrogen and oxygen atoms in total. The van der Waals surface area contributed by atoms with Crippen molar-refractivity contribution >= 4 is 10.8 Å². The SMILES string of the molecule is O=c1[nH]ccnc1-c1cccc2ccncc12. The molecular weight excluding hydrogens is 214 g/mol. The zero-order valence-corrected chi connectivity index (χ0v) is 8.92. The van der Waals surface area contributed by atoms with Crippen molar-refractivity contribution in [2.24, 2.45) is 0 Å². The molecule has 82 valence electrons. The number of aromatic nitrogens is 3. The third-order valence-electron chi connectivity index (χ3n) is 2.65. The van der Waals surface area contributed by atoms with Gasteiger partial charge in [0.1, 0.15) is 5.69 Å². The van der Waals surface area contributed by atoms with Crippen LogP contribution in [0.2, 0.25) is 0 Å². The molecule has 1 N–H and O–H groups in total. The van der Waals surface area contributed by atoms with Crippen LogP contribution in [0.15, 0.2) is 53.8 Å². The van der Waals surface area contributed by atoms with Gasteiger partial charge in [-0.1, -0.05) is 18.2 Å². The Kier molecular flexibility index (Phi) is 2.19. The summed E-state index contributed by atoms with van der Waals surface area (Å²) < 4.78 is 0. The Bertz CT molecular complexity index is 728. The molecule has 0 aliphatic rings. The third-order valence-corrected chi connectivity index (χ3v) is 2.65. The van der Waals surface area contributed by atoms with Gasteiger partial charge in [0.2, 0.25) is 0 Å². The van der Waals surface area contributed by atoms with E-state index in [1.165, 1.54) is 6.20 Å². The van der Waals surface area contributed by atoms with Crippen molar-refractivity contribution < 1.29 is 0 Å². The van der Waals surface area contributed by atoms with E-state index in [2.05, 4.69) is 15.0 Å². The van der Waals surface area contributed by atoms with E-state index < -0.39 is 0 Å². The molecule has 0 aliphatic heterocycles. The van der Waals surface area contributed by atoms with Gasteiger partial charge < -0.3 is 4.98 Å². The summed E-state index contributed by atoms with van der Waals surface area (Å²) in [6.45, 7) is 0. The molecule has 0 spiro atoms. The average molecular weight is 223 g/mol. The standard InChI is InChI=1S/C13H9N3O/c17-13-12(15-6-7-16-13)10-3-1-2-9-4-5-14-8-11(9)10/h1-8H,(H,16,17). The van der Waals surface area contributed by atoms with E-state index in [-0.39, 0.29) is 5.56 Å². The molecule has 3 rings (SSSR count). The van der Waals surface area contributed by atoms with Crippen LogP contribution in [0.1, 0.15) is 0 Å². The van der Waals surface area contributed by atoms with Crippen LogP contribution >= 0.6 is 0 Å². The lowest BCUT2D eigenvalue weighted by Gasteiger charge is -2.03. The first-order valence-electron chi connectivity index (χ1n) is 5.23. The minimum atomic E-state index is -0.191.